The van der Waals surface area contributed by atoms with Crippen LogP contribution in [-0.4, -0.2) is 43.6 Å². The van der Waals surface area contributed by atoms with E-state index < -0.39 is 23.8 Å². The third kappa shape index (κ3) is 6.48. The van der Waals surface area contributed by atoms with Gasteiger partial charge in [0.05, 0.1) is 5.69 Å². The minimum Gasteiger partial charge on any atom is -0.368 e. The molecule has 1 aliphatic heterocycles. The summed E-state index contributed by atoms with van der Waals surface area (Å²) in [6.45, 7) is 1.12. The lowest BCUT2D eigenvalue weighted by Crippen LogP contribution is -2.39. The number of halogens is 2. The summed E-state index contributed by atoms with van der Waals surface area (Å²) in [5, 5.41) is 10.2. The van der Waals surface area contributed by atoms with E-state index in [4.69, 9.17) is 4.74 Å². The molecule has 1 heterocycles. The van der Waals surface area contributed by atoms with E-state index in [0.29, 0.717) is 30.3 Å². The number of amides is 4. The van der Waals surface area contributed by atoms with Crippen LogP contribution in [0.25, 0.3) is 0 Å². The molecule has 2 aromatic carbocycles. The van der Waals surface area contributed by atoms with Gasteiger partial charge in [0.1, 0.15) is 17.7 Å². The first-order valence-electron chi connectivity index (χ1n) is 9.73. The number of hydrogen-bond donors (Lipinski definition) is 4. The van der Waals surface area contributed by atoms with E-state index in [9.17, 15) is 23.2 Å². The Kier molecular flexibility index (Phi) is 7.50. The van der Waals surface area contributed by atoms with E-state index in [-0.39, 0.29) is 30.6 Å². The van der Waals surface area contributed by atoms with Gasteiger partial charge in [-0.25, -0.2) is 13.6 Å². The van der Waals surface area contributed by atoms with Crippen molar-refractivity contribution < 1.29 is 27.9 Å². The van der Waals surface area contributed by atoms with Gasteiger partial charge in [0.15, 0.2) is 0 Å². The summed E-state index contributed by atoms with van der Waals surface area (Å²) in [7, 11) is 0. The van der Waals surface area contributed by atoms with Crippen molar-refractivity contribution >= 4 is 29.2 Å². The normalized spacial score (nSPS) is 15.2. The Labute approximate surface area is 177 Å². The molecular weight excluding hydrogens is 410 g/mol. The summed E-state index contributed by atoms with van der Waals surface area (Å²) >= 11 is 0. The fraction of sp³-hybridized carbons (Fsp3) is 0.286. The van der Waals surface area contributed by atoms with Crippen LogP contribution in [0.5, 0.6) is 0 Å². The standard InChI is InChI=1S/C21H22F2N4O4/c22-14-5-8-17(16(23)12-14)27-21(30)26-15-6-3-13(4-7-15)19(28)24-9-10-25-20(29)18-2-1-11-31-18/h3-8,12,18H,1-2,9-11H2,(H,24,28)(H,25,29)(H2,26,27,30). The molecule has 0 bridgehead atoms. The van der Waals surface area contributed by atoms with Crippen LogP contribution in [0.2, 0.25) is 0 Å². The van der Waals surface area contributed by atoms with Gasteiger partial charge < -0.3 is 26.0 Å². The van der Waals surface area contributed by atoms with Crippen molar-refractivity contribution in [1.82, 2.24) is 10.6 Å². The highest BCUT2D eigenvalue weighted by Gasteiger charge is 2.22. The van der Waals surface area contributed by atoms with Gasteiger partial charge in [-0.05, 0) is 49.2 Å². The van der Waals surface area contributed by atoms with E-state index in [1.807, 2.05) is 0 Å². The van der Waals surface area contributed by atoms with E-state index >= 15 is 0 Å². The lowest BCUT2D eigenvalue weighted by molar-refractivity contribution is -0.129. The van der Waals surface area contributed by atoms with Crippen LogP contribution in [0.3, 0.4) is 0 Å². The molecule has 31 heavy (non-hydrogen) atoms. The van der Waals surface area contributed by atoms with Crippen molar-refractivity contribution in [2.24, 2.45) is 0 Å². The lowest BCUT2D eigenvalue weighted by atomic mass is 10.2. The van der Waals surface area contributed by atoms with Crippen molar-refractivity contribution in [3.05, 3.63) is 59.7 Å². The van der Waals surface area contributed by atoms with Gasteiger partial charge >= 0.3 is 6.03 Å². The number of hydrogen-bond acceptors (Lipinski definition) is 4. The second-order valence-electron chi connectivity index (χ2n) is 6.83. The van der Waals surface area contributed by atoms with Gasteiger partial charge in [-0.3, -0.25) is 9.59 Å². The van der Waals surface area contributed by atoms with E-state index in [0.717, 1.165) is 18.6 Å². The van der Waals surface area contributed by atoms with Crippen LogP contribution < -0.4 is 21.3 Å². The number of nitrogens with one attached hydrogen (secondary N) is 4. The molecule has 4 amide bonds. The number of carbonyl (C=O) groups is 3. The van der Waals surface area contributed by atoms with Gasteiger partial charge in [-0.2, -0.15) is 0 Å². The predicted molar refractivity (Wildman–Crippen MR) is 110 cm³/mol. The van der Waals surface area contributed by atoms with Gasteiger partial charge in [-0.1, -0.05) is 0 Å². The summed E-state index contributed by atoms with van der Waals surface area (Å²) in [6.07, 6.45) is 1.16. The van der Waals surface area contributed by atoms with Crippen LogP contribution in [0.1, 0.15) is 23.2 Å². The Morgan fingerprint density at radius 2 is 1.71 bits per heavy atom. The first-order chi connectivity index (χ1) is 14.9. The lowest BCUT2D eigenvalue weighted by Gasteiger charge is -2.11. The van der Waals surface area contributed by atoms with Crippen molar-refractivity contribution in [2.45, 2.75) is 18.9 Å². The Morgan fingerprint density at radius 3 is 2.39 bits per heavy atom. The number of ether oxygens (including phenoxy) is 1. The minimum atomic E-state index is -0.894. The summed E-state index contributed by atoms with van der Waals surface area (Å²) in [5.41, 5.74) is 0.572. The molecule has 0 spiro atoms. The van der Waals surface area contributed by atoms with E-state index in [2.05, 4.69) is 21.3 Å². The van der Waals surface area contributed by atoms with Crippen LogP contribution in [0.4, 0.5) is 25.0 Å². The Hall–Kier alpha value is -3.53. The van der Waals surface area contributed by atoms with Crippen LogP contribution in [0, 0.1) is 11.6 Å². The van der Waals surface area contributed by atoms with Gasteiger partial charge in [0.2, 0.25) is 5.91 Å². The number of benzene rings is 2. The number of carbonyl (C=O) groups excluding carboxylic acids is 3. The number of anilines is 2. The van der Waals surface area contributed by atoms with Crippen LogP contribution in [0.15, 0.2) is 42.5 Å². The van der Waals surface area contributed by atoms with Crippen LogP contribution >= 0.6 is 0 Å². The molecule has 10 heteroatoms. The van der Waals surface area contributed by atoms with Gasteiger partial charge in [0, 0.05) is 37.0 Å². The molecule has 164 valence electrons. The number of urea groups is 1. The van der Waals surface area contributed by atoms with Crippen molar-refractivity contribution in [2.75, 3.05) is 30.3 Å². The smallest absolute Gasteiger partial charge is 0.323 e. The summed E-state index contributed by atoms with van der Waals surface area (Å²) in [6, 6.07) is 8.12. The molecule has 3 rings (SSSR count). The third-order valence-electron chi connectivity index (χ3n) is 4.52. The molecule has 1 unspecified atom stereocenters. The van der Waals surface area contributed by atoms with Crippen molar-refractivity contribution in [3.8, 4) is 0 Å². The fourth-order valence-electron chi connectivity index (χ4n) is 2.94. The topological polar surface area (TPSA) is 109 Å². The summed E-state index contributed by atoms with van der Waals surface area (Å²) < 4.78 is 31.8. The maximum Gasteiger partial charge on any atom is 0.323 e. The maximum absolute atomic E-state index is 13.6. The van der Waals surface area contributed by atoms with E-state index in [1.54, 1.807) is 0 Å². The Bertz CT molecular complexity index is 947. The predicted octanol–water partition coefficient (Wildman–Crippen LogP) is 2.63. The fourth-order valence-corrected chi connectivity index (χ4v) is 2.94. The van der Waals surface area contributed by atoms with Crippen molar-refractivity contribution in [1.29, 1.82) is 0 Å². The quantitative estimate of drug-likeness (QED) is 0.505. The van der Waals surface area contributed by atoms with E-state index in [1.165, 1.54) is 24.3 Å². The SMILES string of the molecule is O=C(Nc1ccc(C(=O)NCCNC(=O)C2CCCO2)cc1)Nc1ccc(F)cc1F. The molecule has 2 aromatic rings. The third-order valence-corrected chi connectivity index (χ3v) is 4.52. The first-order valence-corrected chi connectivity index (χ1v) is 9.73. The number of rotatable bonds is 7. The zero-order valence-corrected chi connectivity index (χ0v) is 16.5. The molecule has 0 radical (unpaired) electrons. The maximum atomic E-state index is 13.6. The highest BCUT2D eigenvalue weighted by atomic mass is 19.1. The first kappa shape index (κ1) is 22.2. The molecule has 1 atom stereocenters. The average molecular weight is 432 g/mol. The minimum absolute atomic E-state index is 0.165. The summed E-state index contributed by atoms with van der Waals surface area (Å²) in [5.74, 6) is -2.16. The van der Waals surface area contributed by atoms with Crippen LogP contribution in [-0.2, 0) is 9.53 Å². The molecular formula is C21H22F2N4O4. The molecule has 8 nitrogen and oxygen atoms in total. The van der Waals surface area contributed by atoms with Crippen molar-refractivity contribution in [3.63, 3.8) is 0 Å². The second-order valence-corrected chi connectivity index (χ2v) is 6.83. The Morgan fingerprint density at radius 1 is 0.968 bits per heavy atom. The molecule has 4 N–H and O–H groups in total. The average Bonchev–Trinajstić information content (AvgIpc) is 3.28. The zero-order chi connectivity index (χ0) is 22.2. The summed E-state index contributed by atoms with van der Waals surface area (Å²) in [4.78, 5) is 35.9. The second kappa shape index (κ2) is 10.5. The van der Waals surface area contributed by atoms with Gasteiger partial charge in [0.25, 0.3) is 5.91 Å². The molecule has 0 saturated carbocycles. The molecule has 1 fully saturated rings. The largest absolute Gasteiger partial charge is 0.368 e. The highest BCUT2D eigenvalue weighted by Crippen LogP contribution is 2.16. The monoisotopic (exact) mass is 432 g/mol. The highest BCUT2D eigenvalue weighted by molar-refractivity contribution is 6.00. The Balaban J connectivity index is 1.41. The zero-order valence-electron chi connectivity index (χ0n) is 16.5. The molecule has 1 aliphatic rings. The van der Waals surface area contributed by atoms with Gasteiger partial charge in [-0.15, -0.1) is 0 Å². The molecule has 1 saturated heterocycles. The molecule has 0 aliphatic carbocycles. The molecule has 0 aromatic heterocycles.